The van der Waals surface area contributed by atoms with Crippen LogP contribution in [0.1, 0.15) is 56.0 Å². The largest absolute Gasteiger partial charge is 0.497 e. The lowest BCUT2D eigenvalue weighted by Crippen LogP contribution is -2.63. The molecule has 0 spiro atoms. The average Bonchev–Trinajstić information content (AvgIpc) is 3.30. The van der Waals surface area contributed by atoms with Gasteiger partial charge in [0.1, 0.15) is 11.3 Å². The van der Waals surface area contributed by atoms with E-state index >= 15 is 0 Å². The van der Waals surface area contributed by atoms with Crippen LogP contribution >= 0.6 is 0 Å². The molecular weight excluding hydrogens is 472 g/mol. The summed E-state index contributed by atoms with van der Waals surface area (Å²) in [5, 5.41) is 0. The van der Waals surface area contributed by atoms with E-state index in [9.17, 15) is 0 Å². The van der Waals surface area contributed by atoms with Gasteiger partial charge in [0.15, 0.2) is 5.65 Å². The highest BCUT2D eigenvalue weighted by atomic mass is 16.5. The van der Waals surface area contributed by atoms with Gasteiger partial charge in [-0.3, -0.25) is 0 Å². The lowest BCUT2D eigenvalue weighted by molar-refractivity contribution is 0.330. The summed E-state index contributed by atoms with van der Waals surface area (Å²) in [5.41, 5.74) is 8.17. The summed E-state index contributed by atoms with van der Waals surface area (Å²) in [5.74, 6) is 1.71. The lowest BCUT2D eigenvalue weighted by atomic mass is 9.84. The molecule has 0 saturated carbocycles. The van der Waals surface area contributed by atoms with Crippen LogP contribution in [-0.4, -0.2) is 51.8 Å². The second kappa shape index (κ2) is 9.29. The number of nitrogens with zero attached hydrogens (tertiary/aromatic N) is 6. The Morgan fingerprint density at radius 3 is 2.32 bits per heavy atom. The molecule has 2 bridgehead atoms. The van der Waals surface area contributed by atoms with Gasteiger partial charge in [0, 0.05) is 44.3 Å². The highest BCUT2D eigenvalue weighted by Gasteiger charge is 2.40. The Hall–Kier alpha value is -3.61. The number of ether oxygens (including phenoxy) is 1. The molecule has 0 unspecified atom stereocenters. The third-order valence-electron chi connectivity index (χ3n) is 8.40. The fourth-order valence-electron chi connectivity index (χ4n) is 6.05. The van der Waals surface area contributed by atoms with Crippen molar-refractivity contribution >= 4 is 22.8 Å². The normalized spacial score (nSPS) is 19.4. The first-order valence-corrected chi connectivity index (χ1v) is 13.7. The standard InChI is InChI=1S/C31H38N6O/c1-20-7-8-22(31(2,3)4)15-21(20)16-27-28-29(32-19-35(28)5)34-30(33-27)37-18-24-9-10-25(37)17-36(24)23-11-13-26(38-6)14-12-23/h7-8,11-15,19,24-25H,9-10,16-18H2,1-6H3/t24-,25-/m1/s1. The van der Waals surface area contributed by atoms with Crippen molar-refractivity contribution in [2.24, 2.45) is 7.05 Å². The molecule has 5 heterocycles. The van der Waals surface area contributed by atoms with E-state index in [1.54, 1.807) is 7.11 Å². The van der Waals surface area contributed by atoms with Crippen LogP contribution in [0.2, 0.25) is 0 Å². The summed E-state index contributed by atoms with van der Waals surface area (Å²) in [6, 6.07) is 16.1. The second-order valence-corrected chi connectivity index (χ2v) is 12.0. The molecule has 38 heavy (non-hydrogen) atoms. The number of benzene rings is 2. The van der Waals surface area contributed by atoms with Crippen molar-refractivity contribution in [3.05, 3.63) is 71.2 Å². The molecule has 3 aliphatic rings. The van der Waals surface area contributed by atoms with E-state index in [2.05, 4.69) is 89.5 Å². The van der Waals surface area contributed by atoms with E-state index in [0.29, 0.717) is 12.1 Å². The number of anilines is 2. The van der Waals surface area contributed by atoms with E-state index < -0.39 is 0 Å². The molecule has 4 aromatic rings. The van der Waals surface area contributed by atoms with Crippen molar-refractivity contribution in [2.75, 3.05) is 30.0 Å². The van der Waals surface area contributed by atoms with Crippen LogP contribution in [0, 0.1) is 6.92 Å². The Morgan fingerprint density at radius 2 is 1.66 bits per heavy atom. The fourth-order valence-corrected chi connectivity index (χ4v) is 6.05. The fraction of sp³-hybridized carbons (Fsp3) is 0.452. The zero-order chi connectivity index (χ0) is 26.6. The average molecular weight is 511 g/mol. The third-order valence-corrected chi connectivity index (χ3v) is 8.40. The van der Waals surface area contributed by atoms with Crippen molar-refractivity contribution in [3.8, 4) is 5.75 Å². The molecule has 198 valence electrons. The molecule has 7 nitrogen and oxygen atoms in total. The molecule has 3 saturated heterocycles. The SMILES string of the molecule is COc1ccc(N2C[C@H]3CC[C@@H]2CN3c2nc(Cc3cc(C(C)(C)C)ccc3C)c3c(ncn3C)n2)cc1. The maximum absolute atomic E-state index is 5.36. The van der Waals surface area contributed by atoms with Gasteiger partial charge in [-0.25, -0.2) is 9.97 Å². The van der Waals surface area contributed by atoms with Crippen LogP contribution in [-0.2, 0) is 18.9 Å². The van der Waals surface area contributed by atoms with E-state index in [0.717, 1.165) is 54.5 Å². The van der Waals surface area contributed by atoms with E-state index in [1.165, 1.54) is 28.8 Å². The summed E-state index contributed by atoms with van der Waals surface area (Å²) in [4.78, 5) is 19.9. The summed E-state index contributed by atoms with van der Waals surface area (Å²) in [7, 11) is 3.75. The summed E-state index contributed by atoms with van der Waals surface area (Å²) in [6.07, 6.45) is 4.97. The molecule has 0 amide bonds. The van der Waals surface area contributed by atoms with Crippen LogP contribution in [0.5, 0.6) is 5.75 Å². The maximum Gasteiger partial charge on any atom is 0.228 e. The first-order chi connectivity index (χ1) is 18.2. The van der Waals surface area contributed by atoms with E-state index in [-0.39, 0.29) is 5.41 Å². The predicted molar refractivity (Wildman–Crippen MR) is 153 cm³/mol. The Morgan fingerprint density at radius 1 is 0.947 bits per heavy atom. The molecule has 0 radical (unpaired) electrons. The Bertz CT molecular complexity index is 1470. The number of hydrogen-bond acceptors (Lipinski definition) is 6. The van der Waals surface area contributed by atoms with Crippen molar-refractivity contribution in [2.45, 2.75) is 64.5 Å². The Kier molecular flexibility index (Phi) is 6.04. The molecule has 2 aromatic heterocycles. The van der Waals surface area contributed by atoms with E-state index in [1.807, 2.05) is 13.4 Å². The highest BCUT2D eigenvalue weighted by Crippen LogP contribution is 2.36. The minimum absolute atomic E-state index is 0.101. The number of imidazole rings is 1. The second-order valence-electron chi connectivity index (χ2n) is 12.0. The molecule has 3 aliphatic heterocycles. The number of fused-ring (bicyclic) bond motifs is 4. The van der Waals surface area contributed by atoms with Gasteiger partial charge < -0.3 is 19.1 Å². The minimum Gasteiger partial charge on any atom is -0.497 e. The third kappa shape index (κ3) is 4.38. The molecule has 7 heteroatoms. The molecular formula is C31H38N6O. The van der Waals surface area contributed by atoms with Gasteiger partial charge in [0.2, 0.25) is 5.95 Å². The summed E-state index contributed by atoms with van der Waals surface area (Å²) >= 11 is 0. The van der Waals surface area contributed by atoms with Gasteiger partial charge in [0.25, 0.3) is 0 Å². The van der Waals surface area contributed by atoms with Crippen LogP contribution in [0.15, 0.2) is 48.8 Å². The van der Waals surface area contributed by atoms with Gasteiger partial charge in [-0.2, -0.15) is 4.98 Å². The maximum atomic E-state index is 5.36. The van der Waals surface area contributed by atoms with Crippen LogP contribution in [0.3, 0.4) is 0 Å². The van der Waals surface area contributed by atoms with Crippen molar-refractivity contribution in [3.63, 3.8) is 0 Å². The molecule has 7 rings (SSSR count). The summed E-state index contributed by atoms with van der Waals surface area (Å²) in [6.45, 7) is 10.9. The van der Waals surface area contributed by atoms with Gasteiger partial charge in [-0.15, -0.1) is 0 Å². The monoisotopic (exact) mass is 510 g/mol. The highest BCUT2D eigenvalue weighted by molar-refractivity contribution is 5.76. The van der Waals surface area contributed by atoms with Crippen LogP contribution in [0.25, 0.3) is 11.2 Å². The van der Waals surface area contributed by atoms with E-state index in [4.69, 9.17) is 14.7 Å². The Balaban J connectivity index is 1.33. The lowest BCUT2D eigenvalue weighted by Gasteiger charge is -2.52. The van der Waals surface area contributed by atoms with Crippen molar-refractivity contribution in [1.29, 1.82) is 0 Å². The number of aryl methyl sites for hydroxylation is 2. The molecule has 0 N–H and O–H groups in total. The number of piperidine rings is 2. The molecule has 2 atom stereocenters. The molecule has 3 fully saturated rings. The summed E-state index contributed by atoms with van der Waals surface area (Å²) < 4.78 is 7.42. The molecule has 2 aromatic carbocycles. The predicted octanol–water partition coefficient (Wildman–Crippen LogP) is 5.43. The quantitative estimate of drug-likeness (QED) is 0.357. The van der Waals surface area contributed by atoms with Crippen molar-refractivity contribution < 1.29 is 4.74 Å². The number of piperazine rings is 1. The first kappa shape index (κ1) is 24.7. The number of methoxy groups -OCH3 is 1. The number of aromatic nitrogens is 4. The van der Waals surface area contributed by atoms with Crippen LogP contribution in [0.4, 0.5) is 11.6 Å². The number of rotatable bonds is 5. The van der Waals surface area contributed by atoms with Gasteiger partial charge in [0.05, 0.1) is 19.1 Å². The first-order valence-electron chi connectivity index (χ1n) is 13.7. The zero-order valence-electron chi connectivity index (χ0n) is 23.4. The zero-order valence-corrected chi connectivity index (χ0v) is 23.4. The number of hydrogen-bond donors (Lipinski definition) is 0. The van der Waals surface area contributed by atoms with Gasteiger partial charge in [-0.05, 0) is 66.1 Å². The topological polar surface area (TPSA) is 59.3 Å². The smallest absolute Gasteiger partial charge is 0.228 e. The molecule has 0 aliphatic carbocycles. The van der Waals surface area contributed by atoms with Crippen LogP contribution < -0.4 is 14.5 Å². The Labute approximate surface area is 225 Å². The van der Waals surface area contributed by atoms with Gasteiger partial charge in [-0.1, -0.05) is 39.0 Å². The van der Waals surface area contributed by atoms with Gasteiger partial charge >= 0.3 is 0 Å². The van der Waals surface area contributed by atoms with Crippen molar-refractivity contribution in [1.82, 2.24) is 19.5 Å². The minimum atomic E-state index is 0.101.